The molecular weight excluding hydrogens is 262 g/mol. The van der Waals surface area contributed by atoms with Gasteiger partial charge < -0.3 is 14.9 Å². The van der Waals surface area contributed by atoms with Crippen LogP contribution >= 0.6 is 0 Å². The summed E-state index contributed by atoms with van der Waals surface area (Å²) in [4.78, 5) is 23.7. The highest BCUT2D eigenvalue weighted by Gasteiger charge is 2.58. The first kappa shape index (κ1) is 14.5. The maximum Gasteiger partial charge on any atom is 0.527 e. The van der Waals surface area contributed by atoms with Crippen molar-refractivity contribution < 1.29 is 29.0 Å². The average molecular weight is 280 g/mol. The Hall–Kier alpha value is -1.92. The highest BCUT2D eigenvalue weighted by atomic mass is 16.6. The number of likely N-dealkylation sites (tertiary alicyclic amines) is 1. The zero-order chi connectivity index (χ0) is 14.8. The molecule has 20 heavy (non-hydrogen) atoms. The van der Waals surface area contributed by atoms with E-state index < -0.39 is 28.8 Å². The Morgan fingerprint density at radius 1 is 1.35 bits per heavy atom. The quantitative estimate of drug-likeness (QED) is 0.809. The van der Waals surface area contributed by atoms with Gasteiger partial charge in [0.25, 0.3) is 0 Å². The van der Waals surface area contributed by atoms with Crippen LogP contribution in [0.3, 0.4) is 0 Å². The van der Waals surface area contributed by atoms with E-state index in [0.29, 0.717) is 0 Å². The number of quaternary nitrogens is 1. The zero-order valence-electron chi connectivity index (χ0n) is 11.2. The molecule has 0 spiro atoms. The van der Waals surface area contributed by atoms with Crippen molar-refractivity contribution >= 4 is 12.2 Å². The predicted octanol–water partition coefficient (Wildman–Crippen LogP) is 1.97. The smallest absolute Gasteiger partial charge is 0.435 e. The lowest BCUT2D eigenvalue weighted by molar-refractivity contribution is -0.797. The fourth-order valence-corrected chi connectivity index (χ4v) is 2.59. The highest BCUT2D eigenvalue weighted by Crippen LogP contribution is 2.29. The number of nitrogens with zero attached hydrogens (tertiary/aromatic N) is 1. The Labute approximate surface area is 116 Å². The third-order valence-electron chi connectivity index (χ3n) is 3.74. The van der Waals surface area contributed by atoms with Gasteiger partial charge in [0.2, 0.25) is 0 Å². The normalized spacial score (nSPS) is 29.1. The number of hydrogen-bond acceptors (Lipinski definition) is 4. The summed E-state index contributed by atoms with van der Waals surface area (Å²) in [6.45, 7) is 1.51. The first-order valence-corrected chi connectivity index (χ1v) is 6.47. The molecule has 0 unspecified atom stereocenters. The van der Waals surface area contributed by atoms with Crippen LogP contribution in [0.25, 0.3) is 0 Å². The fourth-order valence-electron chi connectivity index (χ4n) is 2.59. The van der Waals surface area contributed by atoms with Crippen LogP contribution in [0.1, 0.15) is 18.9 Å². The van der Waals surface area contributed by atoms with Gasteiger partial charge in [-0.25, -0.2) is 0 Å². The Kier molecular flexibility index (Phi) is 4.06. The van der Waals surface area contributed by atoms with E-state index in [9.17, 15) is 19.8 Å². The van der Waals surface area contributed by atoms with Crippen LogP contribution < -0.4 is 0 Å². The molecular formula is C14H18NO5+. The van der Waals surface area contributed by atoms with Crippen molar-refractivity contribution in [1.82, 2.24) is 0 Å². The summed E-state index contributed by atoms with van der Waals surface area (Å²) in [5.74, 6) is 0. The number of benzene rings is 1. The highest BCUT2D eigenvalue weighted by molar-refractivity contribution is 5.75. The Morgan fingerprint density at radius 3 is 2.50 bits per heavy atom. The third-order valence-corrected chi connectivity index (χ3v) is 3.74. The van der Waals surface area contributed by atoms with Gasteiger partial charge in [-0.3, -0.25) is 0 Å². The number of aliphatic hydroxyl groups is 1. The molecule has 6 nitrogen and oxygen atoms in total. The van der Waals surface area contributed by atoms with Gasteiger partial charge in [0, 0.05) is 6.42 Å². The van der Waals surface area contributed by atoms with Gasteiger partial charge >= 0.3 is 12.2 Å². The van der Waals surface area contributed by atoms with Crippen LogP contribution in [0, 0.1) is 0 Å². The van der Waals surface area contributed by atoms with Gasteiger partial charge in [0.05, 0.1) is 0 Å². The zero-order valence-corrected chi connectivity index (χ0v) is 11.2. The van der Waals surface area contributed by atoms with E-state index in [0.717, 1.165) is 5.56 Å². The summed E-state index contributed by atoms with van der Waals surface area (Å²) in [6, 6.07) is 8.54. The largest absolute Gasteiger partial charge is 0.527 e. The molecule has 1 aromatic rings. The molecule has 2 amide bonds. The van der Waals surface area contributed by atoms with Crippen LogP contribution in [0.15, 0.2) is 30.3 Å². The standard InChI is InChI=1S/C14H17NO5/c1-10-7-12(16)8-15(10,13(17)18)14(19)20-9-11-5-3-2-4-6-11/h2-6,10,12,16H,7-9H2,1H3/p+1/t10-,12-,15+/m1/s1. The molecule has 0 bridgehead atoms. The van der Waals surface area contributed by atoms with Crippen molar-refractivity contribution in [3.8, 4) is 0 Å². The van der Waals surface area contributed by atoms with Gasteiger partial charge in [-0.15, -0.1) is 4.48 Å². The third kappa shape index (κ3) is 2.52. The minimum atomic E-state index is -1.29. The van der Waals surface area contributed by atoms with Crippen molar-refractivity contribution in [3.63, 3.8) is 0 Å². The maximum absolute atomic E-state index is 12.2. The Balaban J connectivity index is 2.11. The predicted molar refractivity (Wildman–Crippen MR) is 69.9 cm³/mol. The van der Waals surface area contributed by atoms with E-state index in [1.165, 1.54) is 0 Å². The number of hydrogen-bond donors (Lipinski definition) is 2. The van der Waals surface area contributed by atoms with Gasteiger partial charge in [-0.05, 0) is 12.5 Å². The van der Waals surface area contributed by atoms with E-state index in [1.54, 1.807) is 19.1 Å². The number of carbonyl (C=O) groups excluding carboxylic acids is 1. The van der Waals surface area contributed by atoms with Crippen LogP contribution in [0.2, 0.25) is 0 Å². The van der Waals surface area contributed by atoms with E-state index in [2.05, 4.69) is 0 Å². The topological polar surface area (TPSA) is 83.8 Å². The number of ether oxygens (including phenoxy) is 1. The molecule has 0 saturated carbocycles. The molecule has 108 valence electrons. The average Bonchev–Trinajstić information content (AvgIpc) is 2.73. The number of aliphatic hydroxyl groups excluding tert-OH is 1. The monoisotopic (exact) mass is 280 g/mol. The molecule has 0 aromatic heterocycles. The summed E-state index contributed by atoms with van der Waals surface area (Å²) >= 11 is 0. The number of rotatable bonds is 2. The van der Waals surface area contributed by atoms with Gasteiger partial charge in [-0.1, -0.05) is 30.3 Å². The second-order valence-corrected chi connectivity index (χ2v) is 5.11. The summed E-state index contributed by atoms with van der Waals surface area (Å²) in [6.07, 6.45) is -2.64. The lowest BCUT2D eigenvalue weighted by Gasteiger charge is -2.27. The SMILES string of the molecule is C[C@@H]1C[C@@H](O)C[N@+]1(C(=O)O)C(=O)OCc1ccccc1. The maximum atomic E-state index is 12.2. The van der Waals surface area contributed by atoms with Crippen molar-refractivity contribution in [2.45, 2.75) is 32.1 Å². The first-order valence-electron chi connectivity index (χ1n) is 6.47. The Morgan fingerprint density at radius 2 is 2.00 bits per heavy atom. The second kappa shape index (κ2) is 5.60. The fraction of sp³-hybridized carbons (Fsp3) is 0.429. The minimum Gasteiger partial charge on any atom is -0.435 e. The van der Waals surface area contributed by atoms with E-state index in [1.807, 2.05) is 18.2 Å². The molecule has 2 rings (SSSR count). The molecule has 1 fully saturated rings. The lowest BCUT2D eigenvalue weighted by Crippen LogP contribution is -2.59. The summed E-state index contributed by atoms with van der Waals surface area (Å²) in [5.41, 5.74) is 0.789. The number of amides is 2. The van der Waals surface area contributed by atoms with Crippen LogP contribution in [-0.2, 0) is 11.3 Å². The molecule has 1 aromatic carbocycles. The number of imide groups is 1. The van der Waals surface area contributed by atoms with Gasteiger partial charge in [0.15, 0.2) is 0 Å². The van der Waals surface area contributed by atoms with Crippen LogP contribution in [0.4, 0.5) is 9.59 Å². The molecule has 6 heteroatoms. The second-order valence-electron chi connectivity index (χ2n) is 5.11. The molecule has 0 radical (unpaired) electrons. The molecule has 1 aliphatic heterocycles. The van der Waals surface area contributed by atoms with Crippen molar-refractivity contribution in [1.29, 1.82) is 0 Å². The molecule has 1 heterocycles. The number of carboxylic acid groups (broad SMARTS) is 1. The van der Waals surface area contributed by atoms with Crippen molar-refractivity contribution in [3.05, 3.63) is 35.9 Å². The van der Waals surface area contributed by atoms with Crippen molar-refractivity contribution in [2.75, 3.05) is 6.54 Å². The minimum absolute atomic E-state index is 0.0236. The summed E-state index contributed by atoms with van der Waals surface area (Å²) in [5, 5.41) is 19.0. The van der Waals surface area contributed by atoms with Gasteiger partial charge in [-0.2, -0.15) is 9.59 Å². The molecule has 1 saturated heterocycles. The van der Waals surface area contributed by atoms with E-state index >= 15 is 0 Å². The van der Waals surface area contributed by atoms with Crippen LogP contribution in [0.5, 0.6) is 0 Å². The molecule has 0 aliphatic carbocycles. The van der Waals surface area contributed by atoms with E-state index in [-0.39, 0.29) is 19.6 Å². The summed E-state index contributed by atoms with van der Waals surface area (Å²) in [7, 11) is 0. The van der Waals surface area contributed by atoms with E-state index in [4.69, 9.17) is 4.74 Å². The van der Waals surface area contributed by atoms with Gasteiger partial charge in [0.1, 0.15) is 25.3 Å². The summed E-state index contributed by atoms with van der Waals surface area (Å²) < 4.78 is 4.27. The molecule has 1 aliphatic rings. The Bertz CT molecular complexity index is 504. The van der Waals surface area contributed by atoms with Crippen molar-refractivity contribution in [2.24, 2.45) is 0 Å². The number of carbonyl (C=O) groups is 2. The first-order chi connectivity index (χ1) is 9.46. The molecule has 2 N–H and O–H groups in total. The van der Waals surface area contributed by atoms with Crippen LogP contribution in [-0.4, -0.2) is 45.6 Å². The molecule has 3 atom stereocenters. The lowest BCUT2D eigenvalue weighted by atomic mass is 10.2.